The number of amides is 1. The molecular weight excluding hydrogens is 188 g/mol. The van der Waals surface area contributed by atoms with Gasteiger partial charge in [-0.2, -0.15) is 0 Å². The molecule has 0 saturated carbocycles. The number of hydrogen-bond acceptors (Lipinski definition) is 2. The second-order valence-corrected chi connectivity index (χ2v) is 3.91. The normalized spacial score (nSPS) is 10.3. The van der Waals surface area contributed by atoms with Gasteiger partial charge in [0.05, 0.1) is 0 Å². The lowest BCUT2D eigenvalue weighted by atomic mass is 10.1. The molecule has 0 bridgehead atoms. The first-order valence-corrected chi connectivity index (χ1v) is 6.28. The van der Waals surface area contributed by atoms with Gasteiger partial charge in [-0.3, -0.25) is 4.79 Å². The zero-order valence-corrected chi connectivity index (χ0v) is 10.3. The van der Waals surface area contributed by atoms with E-state index in [9.17, 15) is 4.79 Å². The third-order valence-electron chi connectivity index (χ3n) is 2.31. The first-order valence-electron chi connectivity index (χ1n) is 6.28. The van der Waals surface area contributed by atoms with Gasteiger partial charge in [-0.05, 0) is 19.4 Å². The summed E-state index contributed by atoms with van der Waals surface area (Å²) in [6.45, 7) is 6.99. The third kappa shape index (κ3) is 11.4. The molecule has 0 aromatic rings. The molecule has 0 fully saturated rings. The number of unbranched alkanes of at least 4 members (excludes halogenated alkanes) is 3. The van der Waals surface area contributed by atoms with Gasteiger partial charge in [0.15, 0.2) is 0 Å². The maximum atomic E-state index is 11.3. The van der Waals surface area contributed by atoms with Gasteiger partial charge in [0.1, 0.15) is 0 Å². The van der Waals surface area contributed by atoms with Gasteiger partial charge < -0.3 is 10.6 Å². The Balaban J connectivity index is 3.11. The van der Waals surface area contributed by atoms with Gasteiger partial charge in [-0.1, -0.05) is 33.1 Å². The van der Waals surface area contributed by atoms with Crippen molar-refractivity contribution in [2.24, 2.45) is 0 Å². The minimum atomic E-state index is 0.199. The van der Waals surface area contributed by atoms with Gasteiger partial charge >= 0.3 is 0 Å². The first-order chi connectivity index (χ1) is 7.31. The molecule has 0 saturated heterocycles. The van der Waals surface area contributed by atoms with E-state index in [1.54, 1.807) is 0 Å². The second kappa shape index (κ2) is 11.5. The molecule has 90 valence electrons. The Morgan fingerprint density at radius 3 is 2.40 bits per heavy atom. The van der Waals surface area contributed by atoms with Crippen LogP contribution in [-0.2, 0) is 4.79 Å². The Kier molecular flexibility index (Phi) is 11.1. The van der Waals surface area contributed by atoms with Crippen molar-refractivity contribution < 1.29 is 4.79 Å². The largest absolute Gasteiger partial charge is 0.355 e. The van der Waals surface area contributed by atoms with Gasteiger partial charge in [0.2, 0.25) is 5.91 Å². The van der Waals surface area contributed by atoms with E-state index in [1.165, 1.54) is 19.3 Å². The summed E-state index contributed by atoms with van der Waals surface area (Å²) in [7, 11) is 0. The molecule has 0 aromatic heterocycles. The van der Waals surface area contributed by atoms with Crippen LogP contribution < -0.4 is 10.6 Å². The fourth-order valence-corrected chi connectivity index (χ4v) is 1.39. The number of nitrogens with one attached hydrogen (secondary N) is 2. The summed E-state index contributed by atoms with van der Waals surface area (Å²) < 4.78 is 0. The van der Waals surface area contributed by atoms with Crippen molar-refractivity contribution >= 4 is 5.91 Å². The molecule has 0 radical (unpaired) electrons. The second-order valence-electron chi connectivity index (χ2n) is 3.91. The van der Waals surface area contributed by atoms with Crippen LogP contribution in [-0.4, -0.2) is 25.5 Å². The van der Waals surface area contributed by atoms with E-state index < -0.39 is 0 Å². The molecule has 0 rings (SSSR count). The molecule has 0 heterocycles. The van der Waals surface area contributed by atoms with Crippen LogP contribution in [0.4, 0.5) is 0 Å². The van der Waals surface area contributed by atoms with Crippen LogP contribution in [0.5, 0.6) is 0 Å². The highest BCUT2D eigenvalue weighted by molar-refractivity contribution is 5.75. The smallest absolute Gasteiger partial charge is 0.220 e. The van der Waals surface area contributed by atoms with E-state index in [2.05, 4.69) is 24.5 Å². The first kappa shape index (κ1) is 14.4. The summed E-state index contributed by atoms with van der Waals surface area (Å²) in [5.41, 5.74) is 0. The lowest BCUT2D eigenvalue weighted by Gasteiger charge is -2.05. The Morgan fingerprint density at radius 2 is 1.73 bits per heavy atom. The number of rotatable bonds is 10. The number of hydrogen-bond donors (Lipinski definition) is 2. The maximum absolute atomic E-state index is 11.3. The molecule has 3 heteroatoms. The van der Waals surface area contributed by atoms with Gasteiger partial charge in [-0.15, -0.1) is 0 Å². The molecule has 0 aromatic carbocycles. The lowest BCUT2D eigenvalue weighted by Crippen LogP contribution is -2.31. The predicted octanol–water partition coefficient (Wildman–Crippen LogP) is 2.07. The minimum Gasteiger partial charge on any atom is -0.355 e. The topological polar surface area (TPSA) is 41.1 Å². The van der Waals surface area contributed by atoms with Crippen molar-refractivity contribution in [3.63, 3.8) is 0 Å². The molecule has 0 spiro atoms. The molecule has 1 amide bonds. The van der Waals surface area contributed by atoms with Crippen molar-refractivity contribution in [3.8, 4) is 0 Å². The lowest BCUT2D eigenvalue weighted by molar-refractivity contribution is -0.121. The quantitative estimate of drug-likeness (QED) is 0.547. The highest BCUT2D eigenvalue weighted by Gasteiger charge is 1.99. The number of carbonyl (C=O) groups is 1. The average Bonchev–Trinajstić information content (AvgIpc) is 2.24. The Labute approximate surface area is 94.0 Å². The fraction of sp³-hybridized carbons (Fsp3) is 0.917. The molecule has 0 aliphatic carbocycles. The van der Waals surface area contributed by atoms with E-state index in [-0.39, 0.29) is 5.91 Å². The van der Waals surface area contributed by atoms with Crippen LogP contribution in [0.3, 0.4) is 0 Å². The van der Waals surface area contributed by atoms with Gasteiger partial charge in [-0.25, -0.2) is 0 Å². The molecule has 3 nitrogen and oxygen atoms in total. The van der Waals surface area contributed by atoms with Crippen molar-refractivity contribution in [1.29, 1.82) is 0 Å². The predicted molar refractivity (Wildman–Crippen MR) is 64.9 cm³/mol. The summed E-state index contributed by atoms with van der Waals surface area (Å²) in [4.78, 5) is 11.3. The summed E-state index contributed by atoms with van der Waals surface area (Å²) in [6, 6.07) is 0. The Bertz CT molecular complexity index is 149. The van der Waals surface area contributed by atoms with Crippen molar-refractivity contribution in [1.82, 2.24) is 10.6 Å². The van der Waals surface area contributed by atoms with Gasteiger partial charge in [0.25, 0.3) is 0 Å². The van der Waals surface area contributed by atoms with E-state index in [4.69, 9.17) is 0 Å². The van der Waals surface area contributed by atoms with E-state index >= 15 is 0 Å². The highest BCUT2D eigenvalue weighted by Crippen LogP contribution is 2.01. The molecule has 2 N–H and O–H groups in total. The Morgan fingerprint density at radius 1 is 0.933 bits per heavy atom. The molecular formula is C12H26N2O. The SMILES string of the molecule is CCCCCCC(=O)NCCNCCC. The number of carbonyl (C=O) groups excluding carboxylic acids is 1. The van der Waals surface area contributed by atoms with E-state index in [0.29, 0.717) is 6.42 Å². The monoisotopic (exact) mass is 214 g/mol. The standard InChI is InChI=1S/C12H26N2O/c1-3-5-6-7-8-12(15)14-11-10-13-9-4-2/h13H,3-11H2,1-2H3,(H,14,15). The van der Waals surface area contributed by atoms with Crippen LogP contribution >= 0.6 is 0 Å². The van der Waals surface area contributed by atoms with Crippen LogP contribution in [0, 0.1) is 0 Å². The molecule has 0 atom stereocenters. The summed E-state index contributed by atoms with van der Waals surface area (Å²) in [6.07, 6.45) is 6.51. The summed E-state index contributed by atoms with van der Waals surface area (Å²) >= 11 is 0. The molecule has 0 aliphatic rings. The molecule has 0 unspecified atom stereocenters. The third-order valence-corrected chi connectivity index (χ3v) is 2.31. The van der Waals surface area contributed by atoms with E-state index in [1.807, 2.05) is 0 Å². The fourth-order valence-electron chi connectivity index (χ4n) is 1.39. The summed E-state index contributed by atoms with van der Waals surface area (Å²) in [5.74, 6) is 0.199. The van der Waals surface area contributed by atoms with Crippen molar-refractivity contribution in [2.45, 2.75) is 52.4 Å². The zero-order valence-electron chi connectivity index (χ0n) is 10.3. The minimum absolute atomic E-state index is 0.199. The highest BCUT2D eigenvalue weighted by atomic mass is 16.1. The van der Waals surface area contributed by atoms with Crippen LogP contribution in [0.15, 0.2) is 0 Å². The zero-order chi connectivity index (χ0) is 11.4. The van der Waals surface area contributed by atoms with Crippen LogP contribution in [0.1, 0.15) is 52.4 Å². The van der Waals surface area contributed by atoms with Crippen molar-refractivity contribution in [3.05, 3.63) is 0 Å². The molecule has 0 aliphatic heterocycles. The van der Waals surface area contributed by atoms with E-state index in [0.717, 1.165) is 32.5 Å². The maximum Gasteiger partial charge on any atom is 0.220 e. The van der Waals surface area contributed by atoms with Crippen LogP contribution in [0.2, 0.25) is 0 Å². The Hall–Kier alpha value is -0.570. The van der Waals surface area contributed by atoms with Crippen molar-refractivity contribution in [2.75, 3.05) is 19.6 Å². The average molecular weight is 214 g/mol. The molecule has 15 heavy (non-hydrogen) atoms. The van der Waals surface area contributed by atoms with Crippen LogP contribution in [0.25, 0.3) is 0 Å². The van der Waals surface area contributed by atoms with Gasteiger partial charge in [0, 0.05) is 19.5 Å². The summed E-state index contributed by atoms with van der Waals surface area (Å²) in [5, 5.41) is 6.17.